The van der Waals surface area contributed by atoms with Crippen LogP contribution >= 0.6 is 0 Å². The molecule has 0 aromatic carbocycles. The van der Waals surface area contributed by atoms with Crippen LogP contribution in [0.1, 0.15) is 6.42 Å². The van der Waals surface area contributed by atoms with E-state index in [1.165, 1.54) is 21.5 Å². The highest BCUT2D eigenvalue weighted by atomic mass is 16.4. The predicted octanol–water partition coefficient (Wildman–Crippen LogP) is -0.668. The molecule has 0 saturated heterocycles. The van der Waals surface area contributed by atoms with Gasteiger partial charge in [0.15, 0.2) is 0 Å². The fourth-order valence-corrected chi connectivity index (χ4v) is 1.60. The van der Waals surface area contributed by atoms with E-state index in [0.29, 0.717) is 5.52 Å². The van der Waals surface area contributed by atoms with Crippen molar-refractivity contribution in [3.8, 4) is 0 Å². The van der Waals surface area contributed by atoms with E-state index in [9.17, 15) is 14.7 Å². The summed E-state index contributed by atoms with van der Waals surface area (Å²) in [5.74, 6) is -1.10. The average Bonchev–Trinajstić information content (AvgIpc) is 2.69. The molecule has 0 radical (unpaired) electrons. The van der Waals surface area contributed by atoms with Gasteiger partial charge in [0, 0.05) is 12.4 Å². The summed E-state index contributed by atoms with van der Waals surface area (Å²) < 4.78 is 2.69. The van der Waals surface area contributed by atoms with Crippen molar-refractivity contribution in [1.82, 2.24) is 14.2 Å². The van der Waals surface area contributed by atoms with Crippen molar-refractivity contribution in [3.05, 3.63) is 35.0 Å². The maximum Gasteiger partial charge on any atom is 0.306 e. The second kappa shape index (κ2) is 4.38. The quantitative estimate of drug-likeness (QED) is 0.735. The van der Waals surface area contributed by atoms with Crippen molar-refractivity contribution >= 4 is 11.5 Å². The number of carboxylic acids is 1. The lowest BCUT2D eigenvalue weighted by atomic mass is 10.2. The number of aliphatic carboxylic acids is 1. The molecule has 2 aromatic rings. The Balaban J connectivity index is 2.27. The first kappa shape index (κ1) is 11.3. The molecule has 0 aliphatic carbocycles. The first-order chi connectivity index (χ1) is 8.08. The molecule has 0 saturated carbocycles. The van der Waals surface area contributed by atoms with Crippen LogP contribution in [0.2, 0.25) is 0 Å². The smallest absolute Gasteiger partial charge is 0.306 e. The monoisotopic (exact) mass is 237 g/mol. The van der Waals surface area contributed by atoms with Gasteiger partial charge in [-0.15, -0.1) is 0 Å². The molecule has 0 aliphatic heterocycles. The van der Waals surface area contributed by atoms with Crippen LogP contribution in [0, 0.1) is 0 Å². The van der Waals surface area contributed by atoms with E-state index in [-0.39, 0.29) is 12.1 Å². The summed E-state index contributed by atoms with van der Waals surface area (Å²) in [7, 11) is 0. The average molecular weight is 237 g/mol. The van der Waals surface area contributed by atoms with Crippen LogP contribution in [0.25, 0.3) is 5.52 Å². The Kier molecular flexibility index (Phi) is 2.92. The highest BCUT2D eigenvalue weighted by Gasteiger charge is 2.12. The van der Waals surface area contributed by atoms with Gasteiger partial charge in [0.2, 0.25) is 0 Å². The highest BCUT2D eigenvalue weighted by molar-refractivity contribution is 5.67. The number of aliphatic hydroxyl groups excluding tert-OH is 1. The highest BCUT2D eigenvalue weighted by Crippen LogP contribution is 1.98. The Bertz CT molecular complexity index is 601. The van der Waals surface area contributed by atoms with E-state index >= 15 is 0 Å². The summed E-state index contributed by atoms with van der Waals surface area (Å²) in [6.07, 6.45) is 3.05. The first-order valence-electron chi connectivity index (χ1n) is 5.00. The second-order valence-corrected chi connectivity index (χ2v) is 3.67. The van der Waals surface area contributed by atoms with Crippen molar-refractivity contribution in [2.24, 2.45) is 0 Å². The van der Waals surface area contributed by atoms with Gasteiger partial charge in [0.25, 0.3) is 5.56 Å². The summed E-state index contributed by atoms with van der Waals surface area (Å²) in [4.78, 5) is 22.2. The maximum atomic E-state index is 11.9. The molecule has 2 aromatic heterocycles. The summed E-state index contributed by atoms with van der Waals surface area (Å²) in [6.45, 7) is -0.0488. The summed E-state index contributed by atoms with van der Waals surface area (Å²) in [5, 5.41) is 21.9. The Hall–Kier alpha value is -2.15. The first-order valence-corrected chi connectivity index (χ1v) is 5.00. The molecule has 17 heavy (non-hydrogen) atoms. The van der Waals surface area contributed by atoms with Crippen molar-refractivity contribution in [3.63, 3.8) is 0 Å². The molecule has 7 nitrogen and oxygen atoms in total. The molecular weight excluding hydrogens is 226 g/mol. The number of carbonyl (C=O) groups is 1. The van der Waals surface area contributed by atoms with E-state index in [1.54, 1.807) is 12.3 Å². The number of fused-ring (bicyclic) bond motifs is 1. The largest absolute Gasteiger partial charge is 0.481 e. The Morgan fingerprint density at radius 1 is 1.47 bits per heavy atom. The van der Waals surface area contributed by atoms with E-state index in [1.807, 2.05) is 0 Å². The standard InChI is InChI=1S/C10H11N3O4/c14-7(5-9(15)16)6-12-3-4-13-8(10(12)17)1-2-11-13/h1-4,7,14H,5-6H2,(H,15,16). The Labute approximate surface area is 95.5 Å². The van der Waals surface area contributed by atoms with Gasteiger partial charge in [-0.05, 0) is 6.07 Å². The number of aromatic nitrogens is 3. The van der Waals surface area contributed by atoms with Gasteiger partial charge in [-0.1, -0.05) is 0 Å². The van der Waals surface area contributed by atoms with Crippen molar-refractivity contribution in [2.45, 2.75) is 19.1 Å². The number of hydrogen-bond donors (Lipinski definition) is 2. The SMILES string of the molecule is O=C(O)CC(O)Cn1ccn2nccc2c1=O. The fraction of sp³-hybridized carbons (Fsp3) is 0.300. The Morgan fingerprint density at radius 2 is 2.24 bits per heavy atom. The summed E-state index contributed by atoms with van der Waals surface area (Å²) in [6, 6.07) is 1.56. The van der Waals surface area contributed by atoms with Gasteiger partial charge in [-0.2, -0.15) is 5.10 Å². The second-order valence-electron chi connectivity index (χ2n) is 3.67. The topological polar surface area (TPSA) is 96.8 Å². The summed E-state index contributed by atoms with van der Waals surface area (Å²) >= 11 is 0. The van der Waals surface area contributed by atoms with Gasteiger partial charge in [0.05, 0.1) is 25.3 Å². The van der Waals surface area contributed by atoms with Gasteiger partial charge >= 0.3 is 5.97 Å². The lowest BCUT2D eigenvalue weighted by molar-refractivity contribution is -0.139. The van der Waals surface area contributed by atoms with Crippen LogP contribution in [0.4, 0.5) is 0 Å². The minimum absolute atomic E-state index is 0.0488. The Morgan fingerprint density at radius 3 is 2.94 bits per heavy atom. The molecule has 0 spiro atoms. The van der Waals surface area contributed by atoms with Crippen LogP contribution < -0.4 is 5.56 Å². The fourth-order valence-electron chi connectivity index (χ4n) is 1.60. The van der Waals surface area contributed by atoms with Crippen molar-refractivity contribution in [1.29, 1.82) is 0 Å². The maximum absolute atomic E-state index is 11.9. The van der Waals surface area contributed by atoms with Crippen molar-refractivity contribution in [2.75, 3.05) is 0 Å². The lowest BCUT2D eigenvalue weighted by Crippen LogP contribution is -2.28. The molecule has 1 unspecified atom stereocenters. The zero-order chi connectivity index (χ0) is 12.4. The van der Waals surface area contributed by atoms with E-state index in [4.69, 9.17) is 5.11 Å². The molecule has 0 aliphatic rings. The van der Waals surface area contributed by atoms with E-state index in [2.05, 4.69) is 5.10 Å². The van der Waals surface area contributed by atoms with Crippen LogP contribution in [0.15, 0.2) is 29.5 Å². The number of rotatable bonds is 4. The zero-order valence-corrected chi connectivity index (χ0v) is 8.85. The number of nitrogens with zero attached hydrogens (tertiary/aromatic N) is 3. The number of hydrogen-bond acceptors (Lipinski definition) is 4. The molecule has 0 fully saturated rings. The normalized spacial score (nSPS) is 12.8. The molecule has 1 atom stereocenters. The van der Waals surface area contributed by atoms with Crippen LogP contribution in [-0.2, 0) is 11.3 Å². The van der Waals surface area contributed by atoms with Gasteiger partial charge in [-0.3, -0.25) is 9.59 Å². The third-order valence-electron chi connectivity index (χ3n) is 2.36. The lowest BCUT2D eigenvalue weighted by Gasteiger charge is -2.10. The molecule has 2 N–H and O–H groups in total. The van der Waals surface area contributed by atoms with Crippen LogP contribution in [0.3, 0.4) is 0 Å². The molecule has 2 rings (SSSR count). The summed E-state index contributed by atoms with van der Waals surface area (Å²) in [5.41, 5.74) is 0.0736. The molecule has 90 valence electrons. The predicted molar refractivity (Wildman–Crippen MR) is 57.7 cm³/mol. The zero-order valence-electron chi connectivity index (χ0n) is 8.85. The van der Waals surface area contributed by atoms with E-state index < -0.39 is 18.5 Å². The third-order valence-corrected chi connectivity index (χ3v) is 2.36. The molecular formula is C10H11N3O4. The van der Waals surface area contributed by atoms with Gasteiger partial charge < -0.3 is 14.8 Å². The minimum Gasteiger partial charge on any atom is -0.481 e. The third kappa shape index (κ3) is 2.34. The van der Waals surface area contributed by atoms with Gasteiger partial charge in [0.1, 0.15) is 5.52 Å². The van der Waals surface area contributed by atoms with Crippen LogP contribution in [-0.4, -0.2) is 36.5 Å². The van der Waals surface area contributed by atoms with Crippen LogP contribution in [0.5, 0.6) is 0 Å². The molecule has 0 bridgehead atoms. The number of carboxylic acid groups (broad SMARTS) is 1. The minimum atomic E-state index is -1.10. The molecule has 0 amide bonds. The number of aliphatic hydroxyl groups is 1. The molecule has 7 heteroatoms. The van der Waals surface area contributed by atoms with Gasteiger partial charge in [-0.25, -0.2) is 4.52 Å². The molecule has 2 heterocycles. The van der Waals surface area contributed by atoms with E-state index in [0.717, 1.165) is 0 Å². The van der Waals surface area contributed by atoms with Crippen molar-refractivity contribution < 1.29 is 15.0 Å².